The van der Waals surface area contributed by atoms with Gasteiger partial charge in [0.15, 0.2) is 0 Å². The average Bonchev–Trinajstić information content (AvgIpc) is 3.47. The van der Waals surface area contributed by atoms with Gasteiger partial charge in [-0.25, -0.2) is 13.6 Å². The molecule has 2 aromatic carbocycles. The molecule has 1 heterocycles. The highest BCUT2D eigenvalue weighted by Crippen LogP contribution is 2.43. The number of sulfonamides is 1. The number of primary sulfonamides is 1. The summed E-state index contributed by atoms with van der Waals surface area (Å²) >= 11 is 6.11. The van der Waals surface area contributed by atoms with Gasteiger partial charge in [-0.2, -0.15) is 0 Å². The largest absolute Gasteiger partial charge is 0.326 e. The Hall–Kier alpha value is -2.48. The molecule has 0 aliphatic heterocycles. The van der Waals surface area contributed by atoms with Crippen LogP contribution in [-0.4, -0.2) is 19.3 Å². The molecule has 1 aromatic heterocycles. The number of carbonyl (C=O) groups is 1. The summed E-state index contributed by atoms with van der Waals surface area (Å²) in [5, 5.41) is 9.91. The van der Waals surface area contributed by atoms with Crippen LogP contribution < -0.4 is 10.5 Å². The van der Waals surface area contributed by atoms with E-state index in [4.69, 9.17) is 16.7 Å². The first-order valence-electron chi connectivity index (χ1n) is 8.81. The van der Waals surface area contributed by atoms with E-state index in [1.165, 1.54) is 6.07 Å². The summed E-state index contributed by atoms with van der Waals surface area (Å²) in [5.74, 6) is 0.00999. The van der Waals surface area contributed by atoms with Crippen LogP contribution in [0.4, 0.5) is 5.69 Å². The van der Waals surface area contributed by atoms with E-state index in [-0.39, 0.29) is 17.2 Å². The number of pyridine rings is 1. The molecule has 1 aliphatic rings. The van der Waals surface area contributed by atoms with Crippen LogP contribution in [0.15, 0.2) is 53.6 Å². The maximum atomic E-state index is 12.5. The molecule has 3 N–H and O–H groups in total. The molecular formula is C20H18ClN3O3S. The van der Waals surface area contributed by atoms with Gasteiger partial charge in [-0.3, -0.25) is 9.78 Å². The summed E-state index contributed by atoms with van der Waals surface area (Å²) in [7, 11) is -3.98. The summed E-state index contributed by atoms with van der Waals surface area (Å²) in [4.78, 5) is 16.9. The molecule has 3 aromatic rings. The van der Waals surface area contributed by atoms with E-state index in [0.29, 0.717) is 33.0 Å². The number of fused-ring (bicyclic) bond motifs is 1. The Morgan fingerprint density at radius 3 is 2.61 bits per heavy atom. The molecule has 0 atom stereocenters. The van der Waals surface area contributed by atoms with Crippen molar-refractivity contribution in [2.75, 3.05) is 5.32 Å². The third-order valence-corrected chi connectivity index (χ3v) is 6.06. The molecule has 0 radical (unpaired) electrons. The minimum atomic E-state index is -3.98. The lowest BCUT2D eigenvalue weighted by molar-refractivity contribution is -0.115. The van der Waals surface area contributed by atoms with Gasteiger partial charge in [-0.15, -0.1) is 0 Å². The first-order valence-corrected chi connectivity index (χ1v) is 10.7. The number of hydrogen-bond donors (Lipinski definition) is 2. The lowest BCUT2D eigenvalue weighted by Gasteiger charge is -2.13. The Labute approximate surface area is 167 Å². The van der Waals surface area contributed by atoms with Gasteiger partial charge in [-0.1, -0.05) is 29.8 Å². The summed E-state index contributed by atoms with van der Waals surface area (Å²) in [5.41, 5.74) is 1.89. The van der Waals surface area contributed by atoms with Crippen LogP contribution in [0, 0.1) is 0 Å². The summed E-state index contributed by atoms with van der Waals surface area (Å²) in [6.07, 6.45) is 3.70. The van der Waals surface area contributed by atoms with E-state index < -0.39 is 10.0 Å². The molecule has 0 bridgehead atoms. The zero-order valence-corrected chi connectivity index (χ0v) is 16.4. The number of rotatable bonds is 5. The monoisotopic (exact) mass is 415 g/mol. The SMILES string of the molecule is NS(=O)(=O)c1cc(NC(=O)Cc2ccccc2Cl)cc2c(C3CC3)nccc12. The molecule has 8 heteroatoms. The van der Waals surface area contributed by atoms with E-state index >= 15 is 0 Å². The van der Waals surface area contributed by atoms with E-state index in [1.807, 2.05) is 0 Å². The van der Waals surface area contributed by atoms with Crippen molar-refractivity contribution in [3.05, 3.63) is 64.9 Å². The second-order valence-corrected chi connectivity index (χ2v) is 8.84. The Morgan fingerprint density at radius 1 is 1.18 bits per heavy atom. The summed E-state index contributed by atoms with van der Waals surface area (Å²) < 4.78 is 24.3. The summed E-state index contributed by atoms with van der Waals surface area (Å²) in [6, 6.07) is 11.9. The van der Waals surface area contributed by atoms with Crippen LogP contribution in [0.3, 0.4) is 0 Å². The van der Waals surface area contributed by atoms with Gasteiger partial charge in [0.2, 0.25) is 15.9 Å². The Morgan fingerprint density at radius 2 is 1.93 bits per heavy atom. The second-order valence-electron chi connectivity index (χ2n) is 6.90. The van der Waals surface area contributed by atoms with Crippen molar-refractivity contribution < 1.29 is 13.2 Å². The third-order valence-electron chi connectivity index (χ3n) is 4.74. The molecule has 1 aliphatic carbocycles. The number of nitrogens with zero attached hydrogens (tertiary/aromatic N) is 1. The number of nitrogens with two attached hydrogens (primary N) is 1. The number of benzene rings is 2. The van der Waals surface area contributed by atoms with Crippen molar-refractivity contribution >= 4 is 44.0 Å². The van der Waals surface area contributed by atoms with Crippen molar-refractivity contribution in [1.82, 2.24) is 4.98 Å². The van der Waals surface area contributed by atoms with Gasteiger partial charge in [-0.05, 0) is 42.7 Å². The minimum absolute atomic E-state index is 0.0256. The van der Waals surface area contributed by atoms with Crippen molar-refractivity contribution in [3.63, 3.8) is 0 Å². The number of hydrogen-bond acceptors (Lipinski definition) is 4. The predicted octanol–water partition coefficient (Wildman–Crippen LogP) is 3.59. The van der Waals surface area contributed by atoms with Gasteiger partial charge in [0.25, 0.3) is 0 Å². The predicted molar refractivity (Wildman–Crippen MR) is 109 cm³/mol. The zero-order chi connectivity index (χ0) is 19.9. The molecule has 4 rings (SSSR count). The van der Waals surface area contributed by atoms with Crippen LogP contribution >= 0.6 is 11.6 Å². The third kappa shape index (κ3) is 3.87. The first kappa shape index (κ1) is 18.9. The van der Waals surface area contributed by atoms with E-state index in [9.17, 15) is 13.2 Å². The topological polar surface area (TPSA) is 102 Å². The van der Waals surface area contributed by atoms with Gasteiger partial charge in [0, 0.05) is 33.6 Å². The van der Waals surface area contributed by atoms with Crippen molar-refractivity contribution in [1.29, 1.82) is 0 Å². The maximum Gasteiger partial charge on any atom is 0.238 e. The first-order chi connectivity index (χ1) is 13.3. The van der Waals surface area contributed by atoms with E-state index in [1.54, 1.807) is 42.6 Å². The zero-order valence-electron chi connectivity index (χ0n) is 14.9. The van der Waals surface area contributed by atoms with Crippen LogP contribution in [0.1, 0.15) is 30.0 Å². The Balaban J connectivity index is 1.74. The van der Waals surface area contributed by atoms with Crippen LogP contribution in [0.5, 0.6) is 0 Å². The highest BCUT2D eigenvalue weighted by Gasteiger charge is 2.28. The van der Waals surface area contributed by atoms with Crippen LogP contribution in [0.25, 0.3) is 10.8 Å². The lowest BCUT2D eigenvalue weighted by Crippen LogP contribution is -2.17. The quantitative estimate of drug-likeness (QED) is 0.664. The maximum absolute atomic E-state index is 12.5. The number of anilines is 1. The molecule has 1 fully saturated rings. The van der Waals surface area contributed by atoms with Crippen LogP contribution in [-0.2, 0) is 21.2 Å². The Kier molecular flexibility index (Phi) is 4.82. The molecule has 0 spiro atoms. The molecule has 28 heavy (non-hydrogen) atoms. The normalized spacial score (nSPS) is 14.2. The van der Waals surface area contributed by atoms with Gasteiger partial charge in [0.05, 0.1) is 17.0 Å². The fourth-order valence-electron chi connectivity index (χ4n) is 3.28. The highest BCUT2D eigenvalue weighted by molar-refractivity contribution is 7.89. The highest BCUT2D eigenvalue weighted by atomic mass is 35.5. The average molecular weight is 416 g/mol. The fourth-order valence-corrected chi connectivity index (χ4v) is 4.26. The molecule has 1 saturated carbocycles. The molecular weight excluding hydrogens is 398 g/mol. The molecule has 144 valence electrons. The summed E-state index contributed by atoms with van der Waals surface area (Å²) in [6.45, 7) is 0. The molecule has 0 unspecified atom stereocenters. The minimum Gasteiger partial charge on any atom is -0.326 e. The molecule has 1 amide bonds. The van der Waals surface area contributed by atoms with Gasteiger partial charge < -0.3 is 5.32 Å². The smallest absolute Gasteiger partial charge is 0.238 e. The second kappa shape index (κ2) is 7.16. The van der Waals surface area contributed by atoms with E-state index in [2.05, 4.69) is 10.3 Å². The Bertz CT molecular complexity index is 1190. The number of aromatic nitrogens is 1. The number of amides is 1. The number of halogens is 1. The molecule has 6 nitrogen and oxygen atoms in total. The van der Waals surface area contributed by atoms with Gasteiger partial charge in [0.1, 0.15) is 0 Å². The van der Waals surface area contributed by atoms with Crippen LogP contribution in [0.2, 0.25) is 5.02 Å². The van der Waals surface area contributed by atoms with E-state index in [0.717, 1.165) is 18.5 Å². The van der Waals surface area contributed by atoms with Crippen molar-refractivity contribution in [2.24, 2.45) is 5.14 Å². The number of carbonyl (C=O) groups excluding carboxylic acids is 1. The van der Waals surface area contributed by atoms with Crippen molar-refractivity contribution in [2.45, 2.75) is 30.1 Å². The standard InChI is InChI=1S/C20H18ClN3O3S/c21-17-4-2-1-3-13(17)9-19(25)24-14-10-16-15(18(11-14)28(22,26)27)7-8-23-20(16)12-5-6-12/h1-4,7-8,10-12H,5-6,9H2,(H,24,25)(H2,22,26,27). The number of nitrogens with one attached hydrogen (secondary N) is 1. The van der Waals surface area contributed by atoms with Gasteiger partial charge >= 0.3 is 0 Å². The fraction of sp³-hybridized carbons (Fsp3) is 0.200. The molecule has 0 saturated heterocycles. The lowest BCUT2D eigenvalue weighted by atomic mass is 10.1. The van der Waals surface area contributed by atoms with Crippen molar-refractivity contribution in [3.8, 4) is 0 Å².